The van der Waals surface area contributed by atoms with Gasteiger partial charge in [0.25, 0.3) is 0 Å². The normalized spacial score (nSPS) is 10.9. The number of allylic oxidation sites excluding steroid dienone is 1. The molecule has 0 bridgehead atoms. The number of anilines is 1. The minimum Gasteiger partial charge on any atom is -0.461 e. The second-order valence-electron chi connectivity index (χ2n) is 5.35. The molecule has 6 nitrogen and oxygen atoms in total. The van der Waals surface area contributed by atoms with Gasteiger partial charge in [-0.1, -0.05) is 30.8 Å². The molecule has 1 aromatic rings. The first-order valence-corrected chi connectivity index (χ1v) is 8.01. The van der Waals surface area contributed by atoms with E-state index in [-0.39, 0.29) is 45.7 Å². The fourth-order valence-electron chi connectivity index (χ4n) is 2.14. The first kappa shape index (κ1) is 21.2. The van der Waals surface area contributed by atoms with Crippen LogP contribution in [0.1, 0.15) is 12.5 Å². The van der Waals surface area contributed by atoms with Gasteiger partial charge in [0.15, 0.2) is 11.5 Å². The molecule has 0 atom stereocenters. The molecule has 0 aliphatic rings. The van der Waals surface area contributed by atoms with Gasteiger partial charge in [-0.2, -0.15) is 0 Å². The van der Waals surface area contributed by atoms with Crippen LogP contribution < -0.4 is 16.4 Å². The van der Waals surface area contributed by atoms with Crippen molar-refractivity contribution in [3.8, 4) is 0 Å². The fourth-order valence-corrected chi connectivity index (χ4v) is 2.45. The number of carbonyl (C=O) groups is 1. The fraction of sp³-hybridized carbons (Fsp3) is 0.222. The van der Waals surface area contributed by atoms with Crippen LogP contribution in [0.3, 0.4) is 0 Å². The SMILES string of the molecule is C=CC(=C(N)N)/C(=N\C(=C)c1ccc(Cl)c(N(C)C)c1F)C(=O)OCC. The number of rotatable bonds is 7. The number of hydrogen-bond acceptors (Lipinski definition) is 6. The highest BCUT2D eigenvalue weighted by Crippen LogP contribution is 2.33. The van der Waals surface area contributed by atoms with E-state index in [1.807, 2.05) is 0 Å². The number of esters is 1. The van der Waals surface area contributed by atoms with Crippen LogP contribution in [0, 0.1) is 5.82 Å². The molecule has 1 rings (SSSR count). The summed E-state index contributed by atoms with van der Waals surface area (Å²) in [7, 11) is 3.30. The Labute approximate surface area is 157 Å². The van der Waals surface area contributed by atoms with Gasteiger partial charge in [0.05, 0.1) is 23.0 Å². The topological polar surface area (TPSA) is 93.9 Å². The largest absolute Gasteiger partial charge is 0.461 e. The van der Waals surface area contributed by atoms with Gasteiger partial charge in [0.2, 0.25) is 0 Å². The molecule has 0 unspecified atom stereocenters. The molecule has 0 aliphatic carbocycles. The van der Waals surface area contributed by atoms with Crippen LogP contribution in [-0.4, -0.2) is 32.4 Å². The van der Waals surface area contributed by atoms with Crippen molar-refractivity contribution < 1.29 is 13.9 Å². The smallest absolute Gasteiger partial charge is 0.357 e. The zero-order chi connectivity index (χ0) is 20.0. The third kappa shape index (κ3) is 4.64. The number of hydrogen-bond donors (Lipinski definition) is 2. The van der Waals surface area contributed by atoms with Crippen LogP contribution >= 0.6 is 11.6 Å². The number of halogens is 2. The average molecular weight is 381 g/mol. The summed E-state index contributed by atoms with van der Waals surface area (Å²) >= 11 is 6.04. The zero-order valence-corrected chi connectivity index (χ0v) is 15.7. The maximum Gasteiger partial charge on any atom is 0.357 e. The van der Waals surface area contributed by atoms with Gasteiger partial charge in [-0.25, -0.2) is 14.2 Å². The zero-order valence-electron chi connectivity index (χ0n) is 15.0. The first-order valence-electron chi connectivity index (χ1n) is 7.64. The minimum atomic E-state index is -0.779. The predicted molar refractivity (Wildman–Crippen MR) is 104 cm³/mol. The van der Waals surface area contributed by atoms with Crippen molar-refractivity contribution in [2.75, 3.05) is 25.6 Å². The van der Waals surface area contributed by atoms with E-state index >= 15 is 0 Å². The van der Waals surface area contributed by atoms with E-state index < -0.39 is 11.8 Å². The summed E-state index contributed by atoms with van der Waals surface area (Å²) < 4.78 is 19.8. The Balaban J connectivity index is 3.54. The monoisotopic (exact) mass is 380 g/mol. The molecular weight excluding hydrogens is 359 g/mol. The minimum absolute atomic E-state index is 0.0223. The van der Waals surface area contributed by atoms with Gasteiger partial charge in [0, 0.05) is 25.2 Å². The Bertz CT molecular complexity index is 797. The number of carbonyl (C=O) groups excluding carboxylic acids is 1. The van der Waals surface area contributed by atoms with E-state index in [0.717, 1.165) is 0 Å². The van der Waals surface area contributed by atoms with Crippen molar-refractivity contribution >= 4 is 34.7 Å². The summed E-state index contributed by atoms with van der Waals surface area (Å²) in [4.78, 5) is 17.8. The van der Waals surface area contributed by atoms with E-state index in [9.17, 15) is 9.18 Å². The van der Waals surface area contributed by atoms with Crippen molar-refractivity contribution in [3.63, 3.8) is 0 Å². The van der Waals surface area contributed by atoms with Crippen molar-refractivity contribution in [2.24, 2.45) is 16.5 Å². The summed E-state index contributed by atoms with van der Waals surface area (Å²) in [6.45, 7) is 9.04. The van der Waals surface area contributed by atoms with Gasteiger partial charge in [-0.3, -0.25) is 0 Å². The van der Waals surface area contributed by atoms with E-state index in [4.69, 9.17) is 27.8 Å². The lowest BCUT2D eigenvalue weighted by Gasteiger charge is -2.17. The third-order valence-electron chi connectivity index (χ3n) is 3.31. The van der Waals surface area contributed by atoms with Crippen LogP contribution in [0.4, 0.5) is 10.1 Å². The van der Waals surface area contributed by atoms with Gasteiger partial charge in [-0.05, 0) is 19.1 Å². The maximum absolute atomic E-state index is 14.8. The molecule has 0 radical (unpaired) electrons. The molecule has 0 saturated heterocycles. The average Bonchev–Trinajstić information content (AvgIpc) is 2.54. The van der Waals surface area contributed by atoms with E-state index in [2.05, 4.69) is 18.2 Å². The van der Waals surface area contributed by atoms with E-state index in [1.165, 1.54) is 23.1 Å². The summed E-state index contributed by atoms with van der Waals surface area (Å²) in [6, 6.07) is 2.93. The summed E-state index contributed by atoms with van der Waals surface area (Å²) in [5, 5.41) is 0.233. The lowest BCUT2D eigenvalue weighted by Crippen LogP contribution is -2.24. The molecular formula is C18H22ClFN4O2. The van der Waals surface area contributed by atoms with Crippen molar-refractivity contribution in [2.45, 2.75) is 6.92 Å². The maximum atomic E-state index is 14.8. The van der Waals surface area contributed by atoms with Crippen LogP contribution in [0.5, 0.6) is 0 Å². The van der Waals surface area contributed by atoms with Crippen molar-refractivity contribution in [3.05, 3.63) is 59.2 Å². The summed E-state index contributed by atoms with van der Waals surface area (Å²) in [6.07, 6.45) is 1.27. The molecule has 8 heteroatoms. The highest BCUT2D eigenvalue weighted by atomic mass is 35.5. The van der Waals surface area contributed by atoms with Crippen LogP contribution in [0.2, 0.25) is 5.02 Å². The summed E-state index contributed by atoms with van der Waals surface area (Å²) in [5.41, 5.74) is 11.2. The third-order valence-corrected chi connectivity index (χ3v) is 3.62. The molecule has 4 N–H and O–H groups in total. The van der Waals surface area contributed by atoms with Gasteiger partial charge in [-0.15, -0.1) is 0 Å². The first-order chi connectivity index (χ1) is 12.1. The Kier molecular flexibility index (Phi) is 7.40. The molecule has 0 saturated carbocycles. The summed E-state index contributed by atoms with van der Waals surface area (Å²) in [5.74, 6) is -1.58. The van der Waals surface area contributed by atoms with E-state index in [1.54, 1.807) is 21.0 Å². The Morgan fingerprint density at radius 2 is 2.04 bits per heavy atom. The van der Waals surface area contributed by atoms with Crippen molar-refractivity contribution in [1.82, 2.24) is 0 Å². The Hall–Kier alpha value is -2.80. The number of aliphatic imine (C=N–C) groups is 1. The van der Waals surface area contributed by atoms with Gasteiger partial charge < -0.3 is 21.1 Å². The molecule has 26 heavy (non-hydrogen) atoms. The Morgan fingerprint density at radius 1 is 1.42 bits per heavy atom. The quantitative estimate of drug-likeness (QED) is 0.431. The lowest BCUT2D eigenvalue weighted by molar-refractivity contribution is -0.134. The molecule has 0 amide bonds. The molecule has 0 aliphatic heterocycles. The molecule has 0 aromatic heterocycles. The lowest BCUT2D eigenvalue weighted by atomic mass is 10.1. The van der Waals surface area contributed by atoms with Crippen LogP contribution in [-0.2, 0) is 9.53 Å². The second kappa shape index (κ2) is 9.05. The highest BCUT2D eigenvalue weighted by Gasteiger charge is 2.21. The molecule has 0 fully saturated rings. The molecule has 0 spiro atoms. The Morgan fingerprint density at radius 3 is 2.50 bits per heavy atom. The molecule has 1 aromatic carbocycles. The molecule has 140 valence electrons. The second-order valence-corrected chi connectivity index (χ2v) is 5.76. The number of nitrogens with two attached hydrogens (primary N) is 2. The van der Waals surface area contributed by atoms with E-state index in [0.29, 0.717) is 0 Å². The van der Waals surface area contributed by atoms with Crippen LogP contribution in [0.25, 0.3) is 5.70 Å². The van der Waals surface area contributed by atoms with Crippen molar-refractivity contribution in [1.29, 1.82) is 0 Å². The molecule has 0 heterocycles. The van der Waals surface area contributed by atoms with Gasteiger partial charge in [0.1, 0.15) is 5.82 Å². The standard InChI is InChI=1S/C18H22ClFN4O2/c1-6-11(17(21)22)15(18(25)26-7-2)23-10(3)12-8-9-13(19)16(14(12)20)24(4)5/h6,8-9H,1,3,7,21-22H2,2,4-5H3/b23-15+. The number of ether oxygens (including phenoxy) is 1. The number of nitrogens with zero attached hydrogens (tertiary/aromatic N) is 2. The highest BCUT2D eigenvalue weighted by molar-refractivity contribution is 6.44. The number of benzene rings is 1. The van der Waals surface area contributed by atoms with Crippen LogP contribution in [0.15, 0.2) is 47.8 Å². The predicted octanol–water partition coefficient (Wildman–Crippen LogP) is 2.83. The van der Waals surface area contributed by atoms with Gasteiger partial charge >= 0.3 is 5.97 Å².